The van der Waals surface area contributed by atoms with Crippen molar-refractivity contribution < 1.29 is 28.8 Å². The molecule has 3 aromatic carbocycles. The van der Waals surface area contributed by atoms with Crippen LogP contribution in [0.2, 0.25) is 0 Å². The van der Waals surface area contributed by atoms with E-state index in [9.17, 15) is 28.8 Å². The zero-order chi connectivity index (χ0) is 46.7. The molecule has 0 radical (unpaired) electrons. The average molecular weight is 921 g/mol. The molecular weight excluding hydrogens is 865 g/mol. The zero-order valence-corrected chi connectivity index (χ0v) is 37.9. The highest BCUT2D eigenvalue weighted by molar-refractivity contribution is 6.25. The molecule has 3 saturated heterocycles. The molecule has 4 fully saturated rings. The van der Waals surface area contributed by atoms with Crippen molar-refractivity contribution in [2.45, 2.75) is 75.9 Å². The topological polar surface area (TPSA) is 207 Å². The van der Waals surface area contributed by atoms with Gasteiger partial charge in [0.25, 0.3) is 11.8 Å². The van der Waals surface area contributed by atoms with Gasteiger partial charge >= 0.3 is 0 Å². The Kier molecular flexibility index (Phi) is 12.8. The van der Waals surface area contributed by atoms with Crippen molar-refractivity contribution in [2.75, 3.05) is 67.9 Å². The first-order chi connectivity index (χ1) is 33.1. The molecule has 1 atom stereocenters. The van der Waals surface area contributed by atoms with Gasteiger partial charge < -0.3 is 30.3 Å². The van der Waals surface area contributed by atoms with Crippen LogP contribution in [-0.4, -0.2) is 134 Å². The van der Waals surface area contributed by atoms with Crippen LogP contribution in [0, 0.1) is 5.92 Å². The van der Waals surface area contributed by atoms with Gasteiger partial charge in [0, 0.05) is 74.8 Å². The third kappa shape index (κ3) is 9.50. The maximum absolute atomic E-state index is 13.4. The summed E-state index contributed by atoms with van der Waals surface area (Å²) >= 11 is 0. The van der Waals surface area contributed by atoms with Crippen molar-refractivity contribution in [3.63, 3.8) is 0 Å². The molecule has 5 aromatic rings. The molecule has 6 heterocycles. The van der Waals surface area contributed by atoms with E-state index in [1.54, 1.807) is 24.5 Å². The number of likely N-dealkylation sites (tertiary alicyclic amines) is 1. The molecule has 4 aliphatic heterocycles. The van der Waals surface area contributed by atoms with Crippen molar-refractivity contribution in [3.8, 4) is 0 Å². The number of imidazole rings is 1. The quantitative estimate of drug-likeness (QED) is 0.108. The molecule has 6 amide bonds. The fraction of sp³-hybridized carbons (Fsp3) is 0.420. The highest BCUT2D eigenvalue weighted by Gasteiger charge is 2.45. The molecule has 1 saturated carbocycles. The van der Waals surface area contributed by atoms with Gasteiger partial charge in [-0.25, -0.2) is 15.0 Å². The molecule has 352 valence electrons. The molecule has 0 bridgehead atoms. The SMILES string of the molecule is O=C1CC[C@H](N2C(=O)c3cccc(NCC(=O)N4CCC(CCCN5CCN(c6ccc(Nc7ncnc8c7ncn8C7CC(NC(=O)Cc8ccccc8)C7)cc6)CC5)CC4)c3C2=O)C(=O)N1. The number of amides is 6. The lowest BCUT2D eigenvalue weighted by molar-refractivity contribution is -0.136. The summed E-state index contributed by atoms with van der Waals surface area (Å²) in [5.41, 5.74) is 5.30. The maximum Gasteiger partial charge on any atom is 0.264 e. The number of carbonyl (C=O) groups is 6. The average Bonchev–Trinajstić information content (AvgIpc) is 3.88. The van der Waals surface area contributed by atoms with Crippen LogP contribution in [0.5, 0.6) is 0 Å². The molecule has 0 unspecified atom stereocenters. The van der Waals surface area contributed by atoms with E-state index in [0.717, 1.165) is 93.0 Å². The summed E-state index contributed by atoms with van der Waals surface area (Å²) in [6.07, 6.45) is 9.70. The molecule has 0 spiro atoms. The van der Waals surface area contributed by atoms with E-state index in [1.807, 2.05) is 41.6 Å². The van der Waals surface area contributed by atoms with Gasteiger partial charge in [-0.2, -0.15) is 0 Å². The second kappa shape index (κ2) is 19.6. The van der Waals surface area contributed by atoms with Crippen LogP contribution in [0.15, 0.2) is 85.5 Å². The van der Waals surface area contributed by atoms with Gasteiger partial charge in [0.05, 0.1) is 30.4 Å². The third-order valence-electron chi connectivity index (χ3n) is 14.3. The number of hydrogen-bond acceptors (Lipinski definition) is 13. The number of piperazine rings is 1. The smallest absolute Gasteiger partial charge is 0.264 e. The maximum atomic E-state index is 13.4. The zero-order valence-electron chi connectivity index (χ0n) is 37.9. The van der Waals surface area contributed by atoms with Crippen molar-refractivity contribution in [1.29, 1.82) is 0 Å². The number of rotatable bonds is 15. The highest BCUT2D eigenvalue weighted by atomic mass is 16.2. The lowest BCUT2D eigenvalue weighted by Crippen LogP contribution is -2.54. The fourth-order valence-electron chi connectivity index (χ4n) is 10.3. The first-order valence-corrected chi connectivity index (χ1v) is 23.9. The number of nitrogens with one attached hydrogen (secondary N) is 4. The van der Waals surface area contributed by atoms with E-state index in [4.69, 9.17) is 0 Å². The van der Waals surface area contributed by atoms with Crippen molar-refractivity contribution >= 4 is 69.5 Å². The minimum absolute atomic E-state index is 0.0177. The van der Waals surface area contributed by atoms with Crippen molar-refractivity contribution in [3.05, 3.63) is 102 Å². The Morgan fingerprint density at radius 2 is 1.57 bits per heavy atom. The molecule has 18 heteroatoms. The minimum Gasteiger partial charge on any atom is -0.375 e. The number of piperidine rings is 2. The normalized spacial score (nSPS) is 21.1. The summed E-state index contributed by atoms with van der Waals surface area (Å²) in [5, 5.41) is 11.9. The van der Waals surface area contributed by atoms with E-state index < -0.39 is 29.7 Å². The van der Waals surface area contributed by atoms with Crippen LogP contribution in [0.4, 0.5) is 22.9 Å². The minimum atomic E-state index is -1.05. The van der Waals surface area contributed by atoms with E-state index in [-0.39, 0.29) is 54.4 Å². The van der Waals surface area contributed by atoms with Gasteiger partial charge in [-0.1, -0.05) is 36.4 Å². The van der Waals surface area contributed by atoms with Crippen LogP contribution in [-0.2, 0) is 25.6 Å². The lowest BCUT2D eigenvalue weighted by atomic mass is 9.86. The summed E-state index contributed by atoms with van der Waals surface area (Å²) in [4.78, 5) is 98.2. The van der Waals surface area contributed by atoms with E-state index in [2.05, 4.69) is 74.9 Å². The van der Waals surface area contributed by atoms with E-state index >= 15 is 0 Å². The van der Waals surface area contributed by atoms with Crippen molar-refractivity contribution in [2.24, 2.45) is 5.92 Å². The molecule has 2 aromatic heterocycles. The van der Waals surface area contributed by atoms with Crippen molar-refractivity contribution in [1.82, 2.24) is 44.9 Å². The molecule has 10 rings (SSSR count). The Morgan fingerprint density at radius 1 is 0.794 bits per heavy atom. The fourth-order valence-corrected chi connectivity index (χ4v) is 10.3. The Morgan fingerprint density at radius 3 is 2.34 bits per heavy atom. The Hall–Kier alpha value is -7.21. The number of hydrogen-bond donors (Lipinski definition) is 4. The summed E-state index contributed by atoms with van der Waals surface area (Å²) < 4.78 is 2.10. The van der Waals surface area contributed by atoms with Gasteiger partial charge in [-0.3, -0.25) is 43.9 Å². The molecule has 68 heavy (non-hydrogen) atoms. The number of aromatic nitrogens is 4. The Bertz CT molecular complexity index is 2710. The van der Waals surface area contributed by atoms with Gasteiger partial charge in [-0.15, -0.1) is 0 Å². The Labute approximate surface area is 393 Å². The highest BCUT2D eigenvalue weighted by Crippen LogP contribution is 2.36. The van der Waals surface area contributed by atoms with E-state index in [1.165, 1.54) is 5.69 Å². The van der Waals surface area contributed by atoms with Crippen LogP contribution >= 0.6 is 0 Å². The molecule has 18 nitrogen and oxygen atoms in total. The first kappa shape index (κ1) is 44.6. The second-order valence-electron chi connectivity index (χ2n) is 18.6. The number of carbonyl (C=O) groups excluding carboxylic acids is 6. The molecule has 4 N–H and O–H groups in total. The van der Waals surface area contributed by atoms with Gasteiger partial charge in [-0.05, 0) is 99.4 Å². The predicted molar refractivity (Wildman–Crippen MR) is 254 cm³/mol. The van der Waals surface area contributed by atoms with Gasteiger partial charge in [0.15, 0.2) is 17.0 Å². The Balaban J connectivity index is 0.624. The third-order valence-corrected chi connectivity index (χ3v) is 14.3. The van der Waals surface area contributed by atoms with E-state index in [0.29, 0.717) is 42.5 Å². The second-order valence-corrected chi connectivity index (χ2v) is 18.6. The summed E-state index contributed by atoms with van der Waals surface area (Å²) in [6, 6.07) is 22.4. The summed E-state index contributed by atoms with van der Waals surface area (Å²) in [7, 11) is 0. The lowest BCUT2D eigenvalue weighted by Gasteiger charge is -2.37. The number of anilines is 4. The summed E-state index contributed by atoms with van der Waals surface area (Å²) in [5.74, 6) is -1.07. The molecule has 1 aliphatic carbocycles. The number of benzene rings is 3. The molecule has 5 aliphatic rings. The predicted octanol–water partition coefficient (Wildman–Crippen LogP) is 4.29. The van der Waals surface area contributed by atoms with Crippen LogP contribution < -0.4 is 26.2 Å². The van der Waals surface area contributed by atoms with Gasteiger partial charge in [0.2, 0.25) is 23.6 Å². The number of nitrogens with zero attached hydrogens (tertiary/aromatic N) is 8. The van der Waals surface area contributed by atoms with Crippen LogP contribution in [0.1, 0.15) is 83.7 Å². The summed E-state index contributed by atoms with van der Waals surface area (Å²) in [6.45, 7) is 6.32. The number of imide groups is 2. The monoisotopic (exact) mass is 920 g/mol. The number of fused-ring (bicyclic) bond motifs is 2. The van der Waals surface area contributed by atoms with Crippen LogP contribution in [0.25, 0.3) is 11.2 Å². The van der Waals surface area contributed by atoms with Gasteiger partial charge in [0.1, 0.15) is 12.4 Å². The first-order valence-electron chi connectivity index (χ1n) is 23.9. The van der Waals surface area contributed by atoms with Crippen LogP contribution in [0.3, 0.4) is 0 Å². The molecular formula is C50H56N12O6. The standard InChI is InChI=1S/C50H56N12O6/c63-41-16-15-40(48(66)57-41)62-49(67)38-9-4-10-39(44(38)50(62)68)51-29-43(65)60-20-17-32(18-21-60)8-5-19-58-22-24-59(25-23-58)36-13-11-34(12-14-36)56-46-45-47(53-30-52-46)61(31-54-45)37-27-35(28-37)55-42(64)26-33-6-2-1-3-7-33/h1-4,6-7,9-14,30-32,35,37,40,51H,5,8,15-29H2,(H,55,64)(H,52,53,56)(H,57,63,66)/t35?,37?,40-/m0/s1. The largest absolute Gasteiger partial charge is 0.375 e.